The van der Waals surface area contributed by atoms with E-state index >= 15 is 0 Å². The molecule has 0 aromatic heterocycles. The number of rotatable bonds is 6. The minimum atomic E-state index is 0.427. The van der Waals surface area contributed by atoms with Gasteiger partial charge < -0.3 is 5.32 Å². The summed E-state index contributed by atoms with van der Waals surface area (Å²) in [6.07, 6.45) is 11.0. The molecule has 0 spiro atoms. The monoisotopic (exact) mass is 275 g/mol. The molecule has 0 amide bonds. The van der Waals surface area contributed by atoms with Gasteiger partial charge in [0.05, 0.1) is 6.04 Å². The number of hydrogen-bond acceptors (Lipinski definition) is 2. The largest absolute Gasteiger partial charge is 0.307 e. The molecule has 0 saturated carbocycles. The van der Waals surface area contributed by atoms with Crippen molar-refractivity contribution in [3.05, 3.63) is 41.5 Å². The van der Waals surface area contributed by atoms with E-state index in [4.69, 9.17) is 0 Å². The fraction of sp³-hybridized carbons (Fsp3) is 0.529. The van der Waals surface area contributed by atoms with Gasteiger partial charge in [0, 0.05) is 4.90 Å². The summed E-state index contributed by atoms with van der Waals surface area (Å²) < 4.78 is 0. The summed E-state index contributed by atoms with van der Waals surface area (Å²) in [5, 5.41) is 3.72. The van der Waals surface area contributed by atoms with Crippen molar-refractivity contribution in [1.29, 1.82) is 0 Å². The van der Waals surface area contributed by atoms with Gasteiger partial charge in [0.2, 0.25) is 0 Å². The van der Waals surface area contributed by atoms with Crippen LogP contribution in [0.4, 0.5) is 0 Å². The molecule has 0 fully saturated rings. The first-order valence-corrected chi connectivity index (χ1v) is 8.64. The van der Waals surface area contributed by atoms with Crippen LogP contribution in [0.5, 0.6) is 0 Å². The summed E-state index contributed by atoms with van der Waals surface area (Å²) in [7, 11) is 0. The smallest absolute Gasteiger partial charge is 0.0536 e. The quantitative estimate of drug-likeness (QED) is 0.582. The first kappa shape index (κ1) is 14.7. The zero-order valence-electron chi connectivity index (χ0n) is 12.1. The van der Waals surface area contributed by atoms with E-state index in [0.29, 0.717) is 6.04 Å². The molecule has 0 radical (unpaired) electrons. The average Bonchev–Trinajstić information content (AvgIpc) is 2.49. The highest BCUT2D eigenvalue weighted by Gasteiger charge is 2.17. The van der Waals surface area contributed by atoms with E-state index in [1.807, 2.05) is 11.8 Å². The Labute approximate surface area is 121 Å². The van der Waals surface area contributed by atoms with Gasteiger partial charge in [0.25, 0.3) is 0 Å². The van der Waals surface area contributed by atoms with Crippen LogP contribution in [0.1, 0.15) is 50.6 Å². The van der Waals surface area contributed by atoms with Gasteiger partial charge in [-0.1, -0.05) is 30.7 Å². The number of thioether (sulfide) groups is 1. The van der Waals surface area contributed by atoms with Gasteiger partial charge in [0.15, 0.2) is 0 Å². The van der Waals surface area contributed by atoms with E-state index in [0.717, 1.165) is 6.54 Å². The minimum absolute atomic E-state index is 0.427. The number of benzene rings is 1. The Morgan fingerprint density at radius 1 is 1.21 bits per heavy atom. The second-order valence-corrected chi connectivity index (χ2v) is 6.06. The molecule has 1 aliphatic carbocycles. The topological polar surface area (TPSA) is 12.0 Å². The van der Waals surface area contributed by atoms with Crippen molar-refractivity contribution in [1.82, 2.24) is 5.32 Å². The number of allylic oxidation sites excluding steroid dienone is 1. The van der Waals surface area contributed by atoms with Gasteiger partial charge in [-0.25, -0.2) is 0 Å². The molecule has 2 heteroatoms. The van der Waals surface area contributed by atoms with Crippen LogP contribution in [-0.4, -0.2) is 12.8 Å². The molecule has 1 aromatic rings. The molecular weight excluding hydrogens is 250 g/mol. The van der Waals surface area contributed by atoms with Gasteiger partial charge in [-0.3, -0.25) is 0 Å². The molecule has 0 saturated heterocycles. The van der Waals surface area contributed by atoms with Gasteiger partial charge in [-0.15, -0.1) is 11.8 Å². The van der Waals surface area contributed by atoms with Crippen molar-refractivity contribution >= 4 is 11.8 Å². The number of nitrogens with one attached hydrogen (secondary N) is 1. The highest BCUT2D eigenvalue weighted by molar-refractivity contribution is 7.98. The fourth-order valence-corrected chi connectivity index (χ4v) is 3.08. The Morgan fingerprint density at radius 2 is 2.00 bits per heavy atom. The summed E-state index contributed by atoms with van der Waals surface area (Å²) in [5.41, 5.74) is 3.01. The molecule has 1 N–H and O–H groups in total. The van der Waals surface area contributed by atoms with Crippen LogP contribution in [0.3, 0.4) is 0 Å². The van der Waals surface area contributed by atoms with Crippen LogP contribution < -0.4 is 5.32 Å². The molecular formula is C17H25NS. The second-order valence-electron chi connectivity index (χ2n) is 5.19. The molecule has 0 bridgehead atoms. The third-order valence-electron chi connectivity index (χ3n) is 3.74. The van der Waals surface area contributed by atoms with Crippen molar-refractivity contribution in [2.75, 3.05) is 12.8 Å². The molecule has 19 heavy (non-hydrogen) atoms. The van der Waals surface area contributed by atoms with Crippen LogP contribution in [-0.2, 0) is 0 Å². The lowest BCUT2D eigenvalue weighted by Crippen LogP contribution is -2.24. The zero-order chi connectivity index (χ0) is 13.5. The van der Waals surface area contributed by atoms with Crippen molar-refractivity contribution in [3.63, 3.8) is 0 Å². The van der Waals surface area contributed by atoms with Crippen molar-refractivity contribution in [2.24, 2.45) is 0 Å². The molecule has 104 valence electrons. The Hall–Kier alpha value is -0.730. The Bertz CT molecular complexity index is 408. The van der Waals surface area contributed by atoms with Crippen molar-refractivity contribution in [3.8, 4) is 0 Å². The molecule has 0 heterocycles. The van der Waals surface area contributed by atoms with Crippen LogP contribution in [0.15, 0.2) is 40.8 Å². The molecule has 0 aliphatic heterocycles. The maximum Gasteiger partial charge on any atom is 0.0536 e. The summed E-state index contributed by atoms with van der Waals surface area (Å²) in [6.45, 7) is 3.32. The van der Waals surface area contributed by atoms with Crippen LogP contribution in [0.2, 0.25) is 0 Å². The Morgan fingerprint density at radius 3 is 2.58 bits per heavy atom. The molecule has 1 atom stereocenters. The summed E-state index contributed by atoms with van der Waals surface area (Å²) in [5.74, 6) is 0. The van der Waals surface area contributed by atoms with E-state index in [2.05, 4.69) is 48.8 Å². The lowest BCUT2D eigenvalue weighted by molar-refractivity contribution is 0.546. The summed E-state index contributed by atoms with van der Waals surface area (Å²) in [4.78, 5) is 1.34. The summed E-state index contributed by atoms with van der Waals surface area (Å²) >= 11 is 1.81. The predicted molar refractivity (Wildman–Crippen MR) is 85.8 cm³/mol. The zero-order valence-corrected chi connectivity index (χ0v) is 12.9. The maximum absolute atomic E-state index is 3.72. The van der Waals surface area contributed by atoms with Crippen molar-refractivity contribution in [2.45, 2.75) is 50.0 Å². The lowest BCUT2D eigenvalue weighted by atomic mass is 9.90. The molecule has 1 aliphatic rings. The average molecular weight is 275 g/mol. The first-order valence-electron chi connectivity index (χ1n) is 7.41. The normalized spacial score (nSPS) is 17.1. The van der Waals surface area contributed by atoms with E-state index in [-0.39, 0.29) is 0 Å². The van der Waals surface area contributed by atoms with E-state index < -0.39 is 0 Å². The Kier molecular flexibility index (Phi) is 5.99. The molecule has 2 rings (SSSR count). The van der Waals surface area contributed by atoms with E-state index in [9.17, 15) is 0 Å². The van der Waals surface area contributed by atoms with Crippen molar-refractivity contribution < 1.29 is 0 Å². The van der Waals surface area contributed by atoms with Crippen LogP contribution in [0, 0.1) is 0 Å². The van der Waals surface area contributed by atoms with Gasteiger partial charge in [-0.2, -0.15) is 0 Å². The second kappa shape index (κ2) is 7.76. The van der Waals surface area contributed by atoms with E-state index in [1.165, 1.54) is 42.6 Å². The van der Waals surface area contributed by atoms with Crippen LogP contribution in [0.25, 0.3) is 0 Å². The summed E-state index contributed by atoms with van der Waals surface area (Å²) in [6, 6.07) is 9.48. The lowest BCUT2D eigenvalue weighted by Gasteiger charge is -2.25. The van der Waals surface area contributed by atoms with Gasteiger partial charge in [-0.05, 0) is 62.6 Å². The molecule has 1 nitrogen and oxygen atoms in total. The fourth-order valence-electron chi connectivity index (χ4n) is 2.67. The number of hydrogen-bond donors (Lipinski definition) is 1. The Balaban J connectivity index is 2.17. The van der Waals surface area contributed by atoms with Gasteiger partial charge in [0.1, 0.15) is 0 Å². The highest BCUT2D eigenvalue weighted by Crippen LogP contribution is 2.30. The first-order chi connectivity index (χ1) is 9.35. The molecule has 1 unspecified atom stereocenters. The third kappa shape index (κ3) is 4.12. The standard InChI is InChI=1S/C17H25NS/c1-3-13-18-17(14-7-5-4-6-8-14)15-9-11-16(19-2)12-10-15/h7,9-12,17-18H,3-6,8,13H2,1-2H3. The van der Waals surface area contributed by atoms with Gasteiger partial charge >= 0.3 is 0 Å². The third-order valence-corrected chi connectivity index (χ3v) is 4.49. The maximum atomic E-state index is 3.72. The van der Waals surface area contributed by atoms with E-state index in [1.54, 1.807) is 5.57 Å². The highest BCUT2D eigenvalue weighted by atomic mass is 32.2. The van der Waals surface area contributed by atoms with Crippen LogP contribution >= 0.6 is 11.8 Å². The SMILES string of the molecule is CCCNC(C1=CCCCC1)c1ccc(SC)cc1. The predicted octanol–water partition coefficient (Wildman–Crippen LogP) is 4.95. The molecule has 1 aromatic carbocycles. The minimum Gasteiger partial charge on any atom is -0.307 e.